The fourth-order valence-corrected chi connectivity index (χ4v) is 6.00. The minimum absolute atomic E-state index is 0.00697. The number of hydrogen-bond acceptors (Lipinski definition) is 4. The third-order valence-electron chi connectivity index (χ3n) is 5.01. The largest absolute Gasteiger partial charge is 0.355 e. The number of rotatable bonds is 7. The Morgan fingerprint density at radius 3 is 2.52 bits per heavy atom. The molecule has 0 unspecified atom stereocenters. The lowest BCUT2D eigenvalue weighted by Gasteiger charge is -2.27. The highest BCUT2D eigenvalue weighted by Crippen LogP contribution is 2.31. The summed E-state index contributed by atoms with van der Waals surface area (Å²) in [6, 6.07) is 0. The van der Waals surface area contributed by atoms with Crippen LogP contribution in [0.1, 0.15) is 45.4 Å². The van der Waals surface area contributed by atoms with Gasteiger partial charge in [-0.15, -0.1) is 0 Å². The Hall–Kier alpha value is -0.270. The molecule has 134 valence electrons. The molecule has 0 aromatic rings. The molecule has 0 radical (unpaired) electrons. The lowest BCUT2D eigenvalue weighted by atomic mass is 9.79. The molecule has 1 aliphatic heterocycles. The molecule has 1 N–H and O–H groups in total. The molecule has 0 spiro atoms. The van der Waals surface area contributed by atoms with Gasteiger partial charge in [-0.3, -0.25) is 4.79 Å². The minimum Gasteiger partial charge on any atom is -0.355 e. The maximum Gasteiger partial charge on any atom is 0.220 e. The van der Waals surface area contributed by atoms with E-state index in [4.69, 9.17) is 0 Å². The summed E-state index contributed by atoms with van der Waals surface area (Å²) in [5, 5.41) is 2.80. The highest BCUT2D eigenvalue weighted by Gasteiger charge is 2.25. The number of hydrogen-bond donors (Lipinski definition) is 1. The van der Waals surface area contributed by atoms with E-state index >= 15 is 0 Å². The van der Waals surface area contributed by atoms with Gasteiger partial charge in [0.15, 0.2) is 0 Å². The number of carbonyl (C=O) groups excluding carboxylic acids is 1. The molecular formula is C16H30N2O3S2. The Labute approximate surface area is 145 Å². The summed E-state index contributed by atoms with van der Waals surface area (Å²) in [6.45, 7) is 3.57. The first-order valence-electron chi connectivity index (χ1n) is 8.81. The summed E-state index contributed by atoms with van der Waals surface area (Å²) in [6.07, 6.45) is 6.87. The van der Waals surface area contributed by atoms with Gasteiger partial charge in [0.1, 0.15) is 0 Å². The maximum atomic E-state index is 12.2. The van der Waals surface area contributed by atoms with Gasteiger partial charge >= 0.3 is 0 Å². The average Bonchev–Trinajstić information content (AvgIpc) is 2.56. The van der Waals surface area contributed by atoms with Crippen LogP contribution in [-0.4, -0.2) is 55.5 Å². The molecule has 0 aromatic carbocycles. The molecule has 23 heavy (non-hydrogen) atoms. The molecule has 1 aliphatic carbocycles. The Balaban J connectivity index is 1.67. The van der Waals surface area contributed by atoms with Crippen molar-refractivity contribution in [3.63, 3.8) is 0 Å². The van der Waals surface area contributed by atoms with E-state index in [1.165, 1.54) is 32.1 Å². The predicted molar refractivity (Wildman–Crippen MR) is 96.1 cm³/mol. The predicted octanol–water partition coefficient (Wildman–Crippen LogP) is 2.09. The molecule has 0 bridgehead atoms. The summed E-state index contributed by atoms with van der Waals surface area (Å²) in [5.74, 6) is 2.79. The summed E-state index contributed by atoms with van der Waals surface area (Å²) in [7, 11) is -3.22. The second-order valence-electron chi connectivity index (χ2n) is 6.76. The van der Waals surface area contributed by atoms with Crippen LogP contribution in [0.2, 0.25) is 0 Å². The quantitative estimate of drug-likeness (QED) is 0.753. The summed E-state index contributed by atoms with van der Waals surface area (Å²) >= 11 is 1.79. The van der Waals surface area contributed by atoms with Crippen molar-refractivity contribution < 1.29 is 13.2 Å². The molecule has 2 aliphatic rings. The third-order valence-corrected chi connectivity index (χ3v) is 7.82. The molecule has 2 fully saturated rings. The van der Waals surface area contributed by atoms with Crippen molar-refractivity contribution >= 4 is 27.7 Å². The zero-order valence-electron chi connectivity index (χ0n) is 14.1. The highest BCUT2D eigenvalue weighted by atomic mass is 32.2. The summed E-state index contributed by atoms with van der Waals surface area (Å²) < 4.78 is 26.0. The van der Waals surface area contributed by atoms with Crippen LogP contribution in [0.3, 0.4) is 0 Å². The van der Waals surface area contributed by atoms with Crippen molar-refractivity contribution in [2.45, 2.75) is 45.4 Å². The van der Waals surface area contributed by atoms with E-state index in [0.29, 0.717) is 31.3 Å². The van der Waals surface area contributed by atoms with Gasteiger partial charge in [-0.2, -0.15) is 11.8 Å². The van der Waals surface area contributed by atoms with Crippen molar-refractivity contribution in [3.8, 4) is 0 Å². The van der Waals surface area contributed by atoms with Gasteiger partial charge in [0, 0.05) is 37.6 Å². The number of nitrogens with zero attached hydrogens (tertiary/aromatic N) is 1. The molecule has 1 heterocycles. The van der Waals surface area contributed by atoms with E-state index in [9.17, 15) is 13.2 Å². The molecule has 2 rings (SSSR count). The Morgan fingerprint density at radius 1 is 1.22 bits per heavy atom. The number of nitrogens with one attached hydrogen (secondary N) is 1. The second kappa shape index (κ2) is 9.28. The molecule has 5 nitrogen and oxygen atoms in total. The normalized spacial score (nSPS) is 22.7. The number of thioether (sulfide) groups is 1. The van der Waals surface area contributed by atoms with Crippen LogP contribution >= 0.6 is 11.8 Å². The van der Waals surface area contributed by atoms with Crippen molar-refractivity contribution in [3.05, 3.63) is 0 Å². The van der Waals surface area contributed by atoms with Crippen LogP contribution in [-0.2, 0) is 14.8 Å². The van der Waals surface area contributed by atoms with Crippen LogP contribution in [0, 0.1) is 11.8 Å². The molecule has 1 amide bonds. The van der Waals surface area contributed by atoms with Gasteiger partial charge in [0.2, 0.25) is 15.9 Å². The van der Waals surface area contributed by atoms with Crippen LogP contribution < -0.4 is 5.32 Å². The monoisotopic (exact) mass is 362 g/mol. The zero-order valence-corrected chi connectivity index (χ0v) is 15.8. The molecule has 7 heteroatoms. The molecule has 1 atom stereocenters. The first kappa shape index (κ1) is 19.1. The van der Waals surface area contributed by atoms with Crippen molar-refractivity contribution in [2.75, 3.05) is 36.9 Å². The van der Waals surface area contributed by atoms with E-state index in [0.717, 1.165) is 11.5 Å². The van der Waals surface area contributed by atoms with E-state index in [-0.39, 0.29) is 18.2 Å². The fourth-order valence-electron chi connectivity index (χ4n) is 3.51. The van der Waals surface area contributed by atoms with E-state index in [1.54, 1.807) is 16.1 Å². The first-order chi connectivity index (χ1) is 11.0. The van der Waals surface area contributed by atoms with Crippen molar-refractivity contribution in [1.82, 2.24) is 9.62 Å². The molecule has 1 saturated carbocycles. The van der Waals surface area contributed by atoms with Gasteiger partial charge < -0.3 is 5.32 Å². The number of carbonyl (C=O) groups is 1. The van der Waals surface area contributed by atoms with Gasteiger partial charge in [0.05, 0.1) is 5.75 Å². The highest BCUT2D eigenvalue weighted by molar-refractivity contribution is 7.99. The fraction of sp³-hybridized carbons (Fsp3) is 0.938. The third kappa shape index (κ3) is 6.27. The molecular weight excluding hydrogens is 332 g/mol. The van der Waals surface area contributed by atoms with Crippen LogP contribution in [0.4, 0.5) is 0 Å². The Morgan fingerprint density at radius 2 is 1.87 bits per heavy atom. The zero-order chi connectivity index (χ0) is 16.7. The van der Waals surface area contributed by atoms with Gasteiger partial charge in [0.25, 0.3) is 0 Å². The molecule has 1 saturated heterocycles. The van der Waals surface area contributed by atoms with Gasteiger partial charge in [-0.25, -0.2) is 12.7 Å². The van der Waals surface area contributed by atoms with Gasteiger partial charge in [-0.05, 0) is 11.8 Å². The van der Waals surface area contributed by atoms with E-state index in [1.807, 2.05) is 0 Å². The van der Waals surface area contributed by atoms with E-state index < -0.39 is 10.0 Å². The number of sulfonamides is 1. The molecule has 0 aromatic heterocycles. The van der Waals surface area contributed by atoms with Gasteiger partial charge in [-0.1, -0.05) is 39.0 Å². The second-order valence-corrected chi connectivity index (χ2v) is 10.1. The first-order valence-corrected chi connectivity index (χ1v) is 11.6. The Kier molecular flexibility index (Phi) is 7.69. The topological polar surface area (TPSA) is 66.5 Å². The van der Waals surface area contributed by atoms with Crippen LogP contribution in [0.25, 0.3) is 0 Å². The minimum atomic E-state index is -3.22. The maximum absolute atomic E-state index is 12.2. The smallest absolute Gasteiger partial charge is 0.220 e. The lowest BCUT2D eigenvalue weighted by molar-refractivity contribution is -0.122. The van der Waals surface area contributed by atoms with Crippen LogP contribution in [0.5, 0.6) is 0 Å². The van der Waals surface area contributed by atoms with E-state index in [2.05, 4.69) is 12.2 Å². The Bertz CT molecular complexity index is 470. The number of amides is 1. The van der Waals surface area contributed by atoms with Crippen molar-refractivity contribution in [1.29, 1.82) is 0 Å². The SMILES string of the molecule is C[C@@H](CC(=O)NCCS(=O)(=O)N1CCSCC1)C1CCCCC1. The summed E-state index contributed by atoms with van der Waals surface area (Å²) in [4.78, 5) is 12.0. The van der Waals surface area contributed by atoms with Crippen LogP contribution in [0.15, 0.2) is 0 Å². The van der Waals surface area contributed by atoms with Crippen molar-refractivity contribution in [2.24, 2.45) is 11.8 Å². The average molecular weight is 363 g/mol. The standard InChI is InChI=1S/C16H30N2O3S2/c1-14(15-5-3-2-4-6-15)13-16(19)17-7-12-23(20,21)18-8-10-22-11-9-18/h14-15H,2-13H2,1H3,(H,17,19)/t14-/m0/s1. The lowest BCUT2D eigenvalue weighted by Crippen LogP contribution is -2.42. The summed E-state index contributed by atoms with van der Waals surface area (Å²) in [5.41, 5.74) is 0.